The molecule has 0 aromatic rings. The molecule has 0 heterocycles. The van der Waals surface area contributed by atoms with Crippen molar-refractivity contribution in [3.05, 3.63) is 36.1 Å². The van der Waals surface area contributed by atoms with Crippen LogP contribution in [0.5, 0.6) is 0 Å². The first-order valence-electron chi connectivity index (χ1n) is 5.22. The minimum Gasteiger partial charge on any atom is -0.382 e. The second-order valence-electron chi connectivity index (χ2n) is 3.83. The van der Waals surface area contributed by atoms with Crippen molar-refractivity contribution in [1.29, 1.82) is 5.41 Å². The molecule has 2 heteroatoms. The molecule has 0 saturated heterocycles. The molecule has 2 aliphatic rings. The van der Waals surface area contributed by atoms with E-state index in [1.807, 2.05) is 6.08 Å². The summed E-state index contributed by atoms with van der Waals surface area (Å²) >= 11 is 0. The molecule has 0 fully saturated rings. The van der Waals surface area contributed by atoms with Crippen LogP contribution in [-0.2, 0) is 0 Å². The van der Waals surface area contributed by atoms with Crippen molar-refractivity contribution >= 4 is 5.71 Å². The van der Waals surface area contributed by atoms with E-state index in [0.29, 0.717) is 6.04 Å². The van der Waals surface area contributed by atoms with Gasteiger partial charge in [0.1, 0.15) is 0 Å². The lowest BCUT2D eigenvalue weighted by atomic mass is 10.00. The molecule has 0 aromatic heterocycles. The number of nitrogens with one attached hydrogen (secondary N) is 2. The summed E-state index contributed by atoms with van der Waals surface area (Å²) in [6.45, 7) is 0. The third kappa shape index (κ3) is 2.34. The highest BCUT2D eigenvalue weighted by molar-refractivity contribution is 5.93. The molecule has 0 spiro atoms. The summed E-state index contributed by atoms with van der Waals surface area (Å²) < 4.78 is 0. The average Bonchev–Trinajstić information content (AvgIpc) is 2.23. The van der Waals surface area contributed by atoms with Gasteiger partial charge in [-0.2, -0.15) is 0 Å². The van der Waals surface area contributed by atoms with E-state index in [1.54, 1.807) is 0 Å². The summed E-state index contributed by atoms with van der Waals surface area (Å²) in [5, 5.41) is 11.0. The molecule has 2 N–H and O–H groups in total. The van der Waals surface area contributed by atoms with Gasteiger partial charge >= 0.3 is 0 Å². The molecule has 14 heavy (non-hydrogen) atoms. The molecule has 2 rings (SSSR count). The third-order valence-electron chi connectivity index (χ3n) is 2.64. The molecule has 2 aliphatic carbocycles. The second-order valence-corrected chi connectivity index (χ2v) is 3.83. The molecule has 0 saturated carbocycles. The first kappa shape index (κ1) is 9.25. The third-order valence-corrected chi connectivity index (χ3v) is 2.64. The largest absolute Gasteiger partial charge is 0.382 e. The van der Waals surface area contributed by atoms with Crippen molar-refractivity contribution in [3.8, 4) is 0 Å². The maximum Gasteiger partial charge on any atom is 0.0448 e. The predicted molar refractivity (Wildman–Crippen MR) is 59.5 cm³/mol. The topological polar surface area (TPSA) is 35.9 Å². The van der Waals surface area contributed by atoms with Crippen LogP contribution in [0.15, 0.2) is 36.1 Å². The van der Waals surface area contributed by atoms with Crippen LogP contribution >= 0.6 is 0 Å². The summed E-state index contributed by atoms with van der Waals surface area (Å²) in [6, 6.07) is 0.432. The van der Waals surface area contributed by atoms with Crippen LogP contribution in [0.1, 0.15) is 25.7 Å². The molecule has 0 amide bonds. The van der Waals surface area contributed by atoms with Crippen LogP contribution in [0, 0.1) is 5.41 Å². The fourth-order valence-electron chi connectivity index (χ4n) is 1.80. The lowest BCUT2D eigenvalue weighted by molar-refractivity contribution is 0.603. The summed E-state index contributed by atoms with van der Waals surface area (Å²) in [7, 11) is 0. The highest BCUT2D eigenvalue weighted by Gasteiger charge is 2.11. The van der Waals surface area contributed by atoms with Gasteiger partial charge in [-0.25, -0.2) is 0 Å². The first-order valence-corrected chi connectivity index (χ1v) is 5.22. The van der Waals surface area contributed by atoms with Gasteiger partial charge in [0.25, 0.3) is 0 Å². The highest BCUT2D eigenvalue weighted by Crippen LogP contribution is 2.14. The van der Waals surface area contributed by atoms with E-state index in [1.165, 1.54) is 5.70 Å². The van der Waals surface area contributed by atoms with E-state index in [2.05, 4.69) is 29.6 Å². The van der Waals surface area contributed by atoms with Crippen molar-refractivity contribution in [2.24, 2.45) is 0 Å². The number of hydrogen-bond acceptors (Lipinski definition) is 2. The van der Waals surface area contributed by atoms with Gasteiger partial charge in [0.05, 0.1) is 0 Å². The average molecular weight is 188 g/mol. The second kappa shape index (κ2) is 4.27. The van der Waals surface area contributed by atoms with Crippen molar-refractivity contribution in [2.45, 2.75) is 31.7 Å². The van der Waals surface area contributed by atoms with Crippen LogP contribution < -0.4 is 5.32 Å². The van der Waals surface area contributed by atoms with Gasteiger partial charge in [-0.05, 0) is 37.8 Å². The molecule has 74 valence electrons. The molecule has 0 aliphatic heterocycles. The quantitative estimate of drug-likeness (QED) is 0.686. The normalized spacial score (nSPS) is 26.1. The van der Waals surface area contributed by atoms with E-state index in [4.69, 9.17) is 5.41 Å². The Labute approximate surface area is 84.9 Å². The van der Waals surface area contributed by atoms with E-state index in [-0.39, 0.29) is 0 Å². The zero-order valence-corrected chi connectivity index (χ0v) is 8.29. The Morgan fingerprint density at radius 2 is 2.29 bits per heavy atom. The van der Waals surface area contributed by atoms with Gasteiger partial charge in [-0.3, -0.25) is 0 Å². The Bertz CT molecular complexity index is 310. The number of hydrogen-bond donors (Lipinski definition) is 2. The molecule has 0 bridgehead atoms. The standard InChI is InChI=1S/C12H16N2/c13-10-6-8-12(9-7-10)14-11-4-2-1-3-5-11/h1-2,4,6,8,12-14H,3,5,7,9H2. The van der Waals surface area contributed by atoms with Crippen molar-refractivity contribution < 1.29 is 0 Å². The Morgan fingerprint density at radius 3 is 2.93 bits per heavy atom. The monoisotopic (exact) mass is 188 g/mol. The Morgan fingerprint density at radius 1 is 1.36 bits per heavy atom. The van der Waals surface area contributed by atoms with Crippen molar-refractivity contribution in [2.75, 3.05) is 0 Å². The SMILES string of the molecule is N=C1C=CC(NC2=CC=CCC2)CC1. The van der Waals surface area contributed by atoms with Gasteiger partial charge in [0.2, 0.25) is 0 Å². The van der Waals surface area contributed by atoms with Gasteiger partial charge in [0, 0.05) is 17.5 Å². The lowest BCUT2D eigenvalue weighted by Crippen LogP contribution is -2.29. The molecule has 1 atom stereocenters. The maximum atomic E-state index is 7.46. The van der Waals surface area contributed by atoms with E-state index < -0.39 is 0 Å². The van der Waals surface area contributed by atoms with Gasteiger partial charge in [0.15, 0.2) is 0 Å². The Balaban J connectivity index is 1.91. The van der Waals surface area contributed by atoms with Crippen LogP contribution in [-0.4, -0.2) is 11.8 Å². The van der Waals surface area contributed by atoms with Crippen molar-refractivity contribution in [3.63, 3.8) is 0 Å². The minimum atomic E-state index is 0.432. The molecular weight excluding hydrogens is 172 g/mol. The van der Waals surface area contributed by atoms with Crippen LogP contribution in [0.25, 0.3) is 0 Å². The number of allylic oxidation sites excluding steroid dienone is 5. The minimum absolute atomic E-state index is 0.432. The highest BCUT2D eigenvalue weighted by atomic mass is 14.9. The zero-order valence-electron chi connectivity index (χ0n) is 8.29. The maximum absolute atomic E-state index is 7.46. The molecular formula is C12H16N2. The van der Waals surface area contributed by atoms with Gasteiger partial charge in [-0.15, -0.1) is 0 Å². The molecule has 2 nitrogen and oxygen atoms in total. The Hall–Kier alpha value is -1.31. The van der Waals surface area contributed by atoms with E-state index >= 15 is 0 Å². The fraction of sp³-hybridized carbons (Fsp3) is 0.417. The van der Waals surface area contributed by atoms with Gasteiger partial charge in [-0.1, -0.05) is 18.2 Å². The van der Waals surface area contributed by atoms with Crippen molar-refractivity contribution in [1.82, 2.24) is 5.32 Å². The predicted octanol–water partition coefficient (Wildman–Crippen LogP) is 2.55. The first-order chi connectivity index (χ1) is 6.84. The smallest absolute Gasteiger partial charge is 0.0448 e. The lowest BCUT2D eigenvalue weighted by Gasteiger charge is -2.22. The Kier molecular flexibility index (Phi) is 2.82. The van der Waals surface area contributed by atoms with Crippen LogP contribution in [0.3, 0.4) is 0 Å². The summed E-state index contributed by atoms with van der Waals surface area (Å²) in [5.74, 6) is 0. The van der Waals surface area contributed by atoms with Gasteiger partial charge < -0.3 is 10.7 Å². The summed E-state index contributed by atoms with van der Waals surface area (Å²) in [4.78, 5) is 0. The fourth-order valence-corrected chi connectivity index (χ4v) is 1.80. The summed E-state index contributed by atoms with van der Waals surface area (Å²) in [5.41, 5.74) is 2.08. The summed E-state index contributed by atoms with van der Waals surface area (Å²) in [6.07, 6.45) is 14.7. The molecule has 1 unspecified atom stereocenters. The van der Waals surface area contributed by atoms with Crippen LogP contribution in [0.2, 0.25) is 0 Å². The molecule has 0 aromatic carbocycles. The number of rotatable bonds is 2. The van der Waals surface area contributed by atoms with Crippen LogP contribution in [0.4, 0.5) is 0 Å². The zero-order chi connectivity index (χ0) is 9.80. The molecule has 0 radical (unpaired) electrons. The van der Waals surface area contributed by atoms with E-state index in [9.17, 15) is 0 Å². The van der Waals surface area contributed by atoms with E-state index in [0.717, 1.165) is 31.4 Å².